The van der Waals surface area contributed by atoms with Crippen LogP contribution in [0.15, 0.2) is 10.6 Å². The van der Waals surface area contributed by atoms with Crippen molar-refractivity contribution < 1.29 is 27.6 Å². The smallest absolute Gasteiger partial charge is 0.379 e. The van der Waals surface area contributed by atoms with Gasteiger partial charge in [-0.15, -0.1) is 0 Å². The van der Waals surface area contributed by atoms with Gasteiger partial charge in [0.05, 0.1) is 23.2 Å². The number of carbonyl (C=O) groups is 1. The summed E-state index contributed by atoms with van der Waals surface area (Å²) in [6.45, 7) is 1.27. The number of rotatable bonds is 4. The lowest BCUT2D eigenvalue weighted by molar-refractivity contribution is -0.249. The molecule has 1 saturated carbocycles. The third-order valence-corrected chi connectivity index (χ3v) is 4.08. The molecule has 9 heteroatoms. The molecule has 2 heterocycles. The number of aryl methyl sites for hydroxylation is 1. The topological polar surface area (TPSA) is 88.2 Å². The Morgan fingerprint density at radius 3 is 2.71 bits per heavy atom. The second kappa shape index (κ2) is 5.44. The first-order chi connectivity index (χ1) is 11.1. The lowest BCUT2D eigenvalue weighted by Crippen LogP contribution is -2.51. The molecule has 2 N–H and O–H groups in total. The second-order valence-electron chi connectivity index (χ2n) is 6.27. The zero-order valence-electron chi connectivity index (χ0n) is 13.1. The summed E-state index contributed by atoms with van der Waals surface area (Å²) in [5.41, 5.74) is -1.60. The predicted molar refractivity (Wildman–Crippen MR) is 77.5 cm³/mol. The van der Waals surface area contributed by atoms with Crippen molar-refractivity contribution in [3.63, 3.8) is 0 Å². The highest BCUT2D eigenvalue weighted by molar-refractivity contribution is 6.06. The Morgan fingerprint density at radius 1 is 1.46 bits per heavy atom. The van der Waals surface area contributed by atoms with E-state index >= 15 is 0 Å². The zero-order chi connectivity index (χ0) is 17.7. The number of alkyl halides is 3. The van der Waals surface area contributed by atoms with E-state index in [9.17, 15) is 23.1 Å². The number of hydrogen-bond acceptors (Lipinski definition) is 5. The molecular formula is C15H16F3N3O3. The summed E-state index contributed by atoms with van der Waals surface area (Å²) >= 11 is 0. The van der Waals surface area contributed by atoms with E-state index < -0.39 is 24.2 Å². The number of amides is 1. The molecule has 1 atom stereocenters. The van der Waals surface area contributed by atoms with E-state index in [1.165, 1.54) is 0 Å². The van der Waals surface area contributed by atoms with Crippen molar-refractivity contribution in [2.75, 3.05) is 6.54 Å². The first-order valence-electron chi connectivity index (χ1n) is 7.44. The fraction of sp³-hybridized carbons (Fsp3) is 0.533. The van der Waals surface area contributed by atoms with Crippen LogP contribution in [0, 0.1) is 6.92 Å². The van der Waals surface area contributed by atoms with Crippen LogP contribution in [0.2, 0.25) is 0 Å². The molecule has 1 amide bonds. The van der Waals surface area contributed by atoms with Crippen molar-refractivity contribution in [2.24, 2.45) is 0 Å². The maximum Gasteiger partial charge on any atom is 0.418 e. The van der Waals surface area contributed by atoms with E-state index in [1.807, 2.05) is 0 Å². The SMILES string of the molecule is Cc1noc2nc(C3CC3)cc(C(=O)NCC(C)(O)C(F)(F)F)c12. The van der Waals surface area contributed by atoms with E-state index in [-0.39, 0.29) is 17.2 Å². The number of nitrogens with one attached hydrogen (secondary N) is 1. The number of pyridine rings is 1. The standard InChI is InChI=1S/C15H16F3N3O3/c1-7-11-9(12(22)19-6-14(2,23)15(16,17)18)5-10(8-3-4-8)20-13(11)24-21-7/h5,8,23H,3-4,6H2,1-2H3,(H,19,22). The van der Waals surface area contributed by atoms with Crippen LogP contribution in [0.5, 0.6) is 0 Å². The molecule has 0 radical (unpaired) electrons. The highest BCUT2D eigenvalue weighted by Gasteiger charge is 2.50. The van der Waals surface area contributed by atoms with Gasteiger partial charge in [-0.2, -0.15) is 13.2 Å². The van der Waals surface area contributed by atoms with Crippen molar-refractivity contribution in [1.29, 1.82) is 0 Å². The molecule has 0 saturated heterocycles. The lowest BCUT2D eigenvalue weighted by Gasteiger charge is -2.26. The molecule has 0 aromatic carbocycles. The Bertz CT molecular complexity index is 794. The van der Waals surface area contributed by atoms with Gasteiger partial charge in [0.1, 0.15) is 0 Å². The Labute approximate surface area is 135 Å². The van der Waals surface area contributed by atoms with Gasteiger partial charge < -0.3 is 14.9 Å². The van der Waals surface area contributed by atoms with Crippen molar-refractivity contribution >= 4 is 17.0 Å². The summed E-state index contributed by atoms with van der Waals surface area (Å²) in [4.78, 5) is 16.7. The minimum absolute atomic E-state index is 0.152. The van der Waals surface area contributed by atoms with Gasteiger partial charge in [-0.1, -0.05) is 5.16 Å². The van der Waals surface area contributed by atoms with Crippen molar-refractivity contribution in [3.8, 4) is 0 Å². The van der Waals surface area contributed by atoms with E-state index in [2.05, 4.69) is 15.5 Å². The molecular weight excluding hydrogens is 327 g/mol. The van der Waals surface area contributed by atoms with Crippen molar-refractivity contribution in [2.45, 2.75) is 44.4 Å². The van der Waals surface area contributed by atoms with Crippen LogP contribution < -0.4 is 5.32 Å². The molecule has 3 rings (SSSR count). The zero-order valence-corrected chi connectivity index (χ0v) is 13.1. The van der Waals surface area contributed by atoms with Crippen LogP contribution in [0.1, 0.15) is 47.4 Å². The highest BCUT2D eigenvalue weighted by atomic mass is 19.4. The number of fused-ring (bicyclic) bond motifs is 1. The summed E-state index contributed by atoms with van der Waals surface area (Å²) < 4.78 is 43.2. The van der Waals surface area contributed by atoms with Gasteiger partial charge in [0, 0.05) is 11.6 Å². The van der Waals surface area contributed by atoms with Crippen LogP contribution in [0.4, 0.5) is 13.2 Å². The normalized spacial score (nSPS) is 17.8. The molecule has 0 bridgehead atoms. The number of aromatic nitrogens is 2. The Balaban J connectivity index is 1.90. The molecule has 1 aliphatic carbocycles. The maximum atomic E-state index is 12.7. The van der Waals surface area contributed by atoms with Crippen LogP contribution >= 0.6 is 0 Å². The van der Waals surface area contributed by atoms with Crippen molar-refractivity contribution in [1.82, 2.24) is 15.5 Å². The monoisotopic (exact) mass is 343 g/mol. The van der Waals surface area contributed by atoms with Gasteiger partial charge >= 0.3 is 6.18 Å². The number of aliphatic hydroxyl groups is 1. The van der Waals surface area contributed by atoms with Gasteiger partial charge in [0.15, 0.2) is 5.60 Å². The van der Waals surface area contributed by atoms with E-state index in [0.717, 1.165) is 12.8 Å². The quantitative estimate of drug-likeness (QED) is 0.890. The fourth-order valence-electron chi connectivity index (χ4n) is 2.33. The summed E-state index contributed by atoms with van der Waals surface area (Å²) in [6, 6.07) is 1.56. The lowest BCUT2D eigenvalue weighted by atomic mass is 10.0. The highest BCUT2D eigenvalue weighted by Crippen LogP contribution is 2.40. The third kappa shape index (κ3) is 2.95. The van der Waals surface area contributed by atoms with Crippen molar-refractivity contribution in [3.05, 3.63) is 23.0 Å². The average molecular weight is 343 g/mol. The average Bonchev–Trinajstić information content (AvgIpc) is 3.27. The van der Waals surface area contributed by atoms with Gasteiger partial charge in [0.2, 0.25) is 0 Å². The van der Waals surface area contributed by atoms with Gasteiger partial charge in [-0.25, -0.2) is 4.98 Å². The van der Waals surface area contributed by atoms with Crippen LogP contribution in [0.25, 0.3) is 11.1 Å². The number of carbonyl (C=O) groups excluding carboxylic acids is 1. The minimum Gasteiger partial charge on any atom is -0.379 e. The van der Waals surface area contributed by atoms with E-state index in [4.69, 9.17) is 4.52 Å². The number of nitrogens with zero attached hydrogens (tertiary/aromatic N) is 2. The molecule has 1 aliphatic rings. The van der Waals surface area contributed by atoms with E-state index in [0.29, 0.717) is 23.7 Å². The van der Waals surface area contributed by atoms with Gasteiger partial charge in [-0.05, 0) is 32.8 Å². The molecule has 24 heavy (non-hydrogen) atoms. The largest absolute Gasteiger partial charge is 0.418 e. The first kappa shape index (κ1) is 16.7. The third-order valence-electron chi connectivity index (χ3n) is 4.08. The number of halogens is 3. The van der Waals surface area contributed by atoms with Gasteiger partial charge in [0.25, 0.3) is 11.6 Å². The Kier molecular flexibility index (Phi) is 3.78. The summed E-state index contributed by atoms with van der Waals surface area (Å²) in [6.07, 6.45) is -2.97. The summed E-state index contributed by atoms with van der Waals surface area (Å²) in [5.74, 6) is -0.509. The fourth-order valence-corrected chi connectivity index (χ4v) is 2.33. The molecule has 1 unspecified atom stereocenters. The number of hydrogen-bond donors (Lipinski definition) is 2. The molecule has 2 aromatic rings. The molecule has 0 aliphatic heterocycles. The predicted octanol–water partition coefficient (Wildman–Crippen LogP) is 2.45. The van der Waals surface area contributed by atoms with Crippen LogP contribution in [-0.4, -0.2) is 39.5 Å². The van der Waals surface area contributed by atoms with Crippen LogP contribution in [0.3, 0.4) is 0 Å². The molecule has 130 valence electrons. The Hall–Kier alpha value is -2.16. The minimum atomic E-state index is -4.85. The summed E-state index contributed by atoms with van der Waals surface area (Å²) in [7, 11) is 0. The van der Waals surface area contributed by atoms with Crippen LogP contribution in [-0.2, 0) is 0 Å². The van der Waals surface area contributed by atoms with E-state index in [1.54, 1.807) is 13.0 Å². The van der Waals surface area contributed by atoms with Gasteiger partial charge in [-0.3, -0.25) is 4.79 Å². The molecule has 6 nitrogen and oxygen atoms in total. The Morgan fingerprint density at radius 2 is 2.12 bits per heavy atom. The summed E-state index contributed by atoms with van der Waals surface area (Å²) in [5, 5.41) is 15.7. The first-order valence-corrected chi connectivity index (χ1v) is 7.44. The second-order valence-corrected chi connectivity index (χ2v) is 6.27. The molecule has 1 fully saturated rings. The maximum absolute atomic E-state index is 12.7. The molecule has 2 aromatic heterocycles. The molecule has 0 spiro atoms.